The Kier molecular flexibility index (Phi) is 2.12. The number of H-pyrrole nitrogens is 1. The van der Waals surface area contributed by atoms with Gasteiger partial charge in [-0.2, -0.15) is 4.39 Å². The van der Waals surface area contributed by atoms with Crippen LogP contribution in [-0.2, 0) is 0 Å². The van der Waals surface area contributed by atoms with E-state index in [0.717, 1.165) is 0 Å². The van der Waals surface area contributed by atoms with Crippen molar-refractivity contribution >= 4 is 11.3 Å². The summed E-state index contributed by atoms with van der Waals surface area (Å²) in [5.41, 5.74) is 0.964. The summed E-state index contributed by atoms with van der Waals surface area (Å²) in [4.78, 5) is 21.9. The molecule has 2 heterocycles. The number of aromatic nitrogens is 3. The van der Waals surface area contributed by atoms with Gasteiger partial charge in [0, 0.05) is 6.20 Å². The quantitative estimate of drug-likeness (QED) is 0.774. The highest BCUT2D eigenvalue weighted by Gasteiger charge is 2.09. The van der Waals surface area contributed by atoms with Crippen molar-refractivity contribution < 1.29 is 4.39 Å². The van der Waals surface area contributed by atoms with E-state index in [4.69, 9.17) is 0 Å². The molecule has 0 saturated heterocycles. The van der Waals surface area contributed by atoms with E-state index in [2.05, 4.69) is 15.0 Å². The Morgan fingerprint density at radius 1 is 1.57 bits per heavy atom. The van der Waals surface area contributed by atoms with Crippen LogP contribution in [-0.4, -0.2) is 15.0 Å². The number of halogens is 1. The van der Waals surface area contributed by atoms with Crippen molar-refractivity contribution in [1.29, 1.82) is 0 Å². The summed E-state index contributed by atoms with van der Waals surface area (Å²) >= 11 is 1.33. The van der Waals surface area contributed by atoms with Crippen LogP contribution >= 0.6 is 11.3 Å². The zero-order chi connectivity index (χ0) is 10.1. The van der Waals surface area contributed by atoms with Crippen molar-refractivity contribution in [3.8, 4) is 10.7 Å². The molecule has 0 fully saturated rings. The van der Waals surface area contributed by atoms with Gasteiger partial charge in [-0.25, -0.2) is 4.98 Å². The van der Waals surface area contributed by atoms with E-state index in [1.165, 1.54) is 18.3 Å². The van der Waals surface area contributed by atoms with E-state index in [1.54, 1.807) is 11.7 Å². The fraction of sp³-hybridized carbons (Fsp3) is 0.125. The topological polar surface area (TPSA) is 58.6 Å². The van der Waals surface area contributed by atoms with Gasteiger partial charge in [0.2, 0.25) is 5.82 Å². The molecule has 0 radical (unpaired) electrons. The largest absolute Gasteiger partial charge is 0.303 e. The third kappa shape index (κ3) is 1.44. The maximum Gasteiger partial charge on any atom is 0.287 e. The monoisotopic (exact) mass is 211 g/mol. The second kappa shape index (κ2) is 3.30. The Balaban J connectivity index is 2.63. The highest BCUT2D eigenvalue weighted by molar-refractivity contribution is 7.13. The average Bonchev–Trinajstić information content (AvgIpc) is 2.66. The lowest BCUT2D eigenvalue weighted by molar-refractivity contribution is 0.589. The molecule has 0 aliphatic heterocycles. The van der Waals surface area contributed by atoms with E-state index in [1.807, 2.05) is 0 Å². The van der Waals surface area contributed by atoms with Crippen LogP contribution in [0, 0.1) is 12.7 Å². The third-order valence-corrected chi connectivity index (χ3v) is 2.47. The molecule has 0 aromatic carbocycles. The number of rotatable bonds is 1. The molecular formula is C8H6FN3OS. The molecule has 2 aromatic heterocycles. The van der Waals surface area contributed by atoms with Gasteiger partial charge in [-0.15, -0.1) is 11.3 Å². The molecule has 14 heavy (non-hydrogen) atoms. The van der Waals surface area contributed by atoms with Crippen molar-refractivity contribution in [2.45, 2.75) is 6.92 Å². The van der Waals surface area contributed by atoms with E-state index in [0.29, 0.717) is 10.7 Å². The second-order valence-corrected chi connectivity index (χ2v) is 3.57. The Bertz CT molecular complexity index is 506. The maximum atomic E-state index is 12.9. The van der Waals surface area contributed by atoms with E-state index in [-0.39, 0.29) is 5.69 Å². The van der Waals surface area contributed by atoms with Crippen molar-refractivity contribution in [3.63, 3.8) is 0 Å². The lowest BCUT2D eigenvalue weighted by Crippen LogP contribution is -2.15. The van der Waals surface area contributed by atoms with Crippen molar-refractivity contribution in [3.05, 3.63) is 33.6 Å². The molecule has 1 N–H and O–H groups in total. The van der Waals surface area contributed by atoms with Crippen LogP contribution in [0.5, 0.6) is 0 Å². The number of aryl methyl sites for hydroxylation is 1. The first-order valence-corrected chi connectivity index (χ1v) is 4.71. The minimum Gasteiger partial charge on any atom is -0.303 e. The van der Waals surface area contributed by atoms with Gasteiger partial charge in [0.1, 0.15) is 0 Å². The number of hydrogen-bond donors (Lipinski definition) is 1. The number of nitrogens with zero attached hydrogens (tertiary/aromatic N) is 2. The van der Waals surface area contributed by atoms with Crippen LogP contribution in [0.4, 0.5) is 4.39 Å². The van der Waals surface area contributed by atoms with Crippen molar-refractivity contribution in [2.75, 3.05) is 0 Å². The summed E-state index contributed by atoms with van der Waals surface area (Å²) in [6.45, 7) is 1.45. The molecule has 0 bridgehead atoms. The summed E-state index contributed by atoms with van der Waals surface area (Å²) in [6, 6.07) is 0. The minimum absolute atomic E-state index is 0.0946. The smallest absolute Gasteiger partial charge is 0.287 e. The molecule has 0 saturated carbocycles. The molecule has 0 unspecified atom stereocenters. The summed E-state index contributed by atoms with van der Waals surface area (Å²) in [5.74, 6) is -0.477. The summed E-state index contributed by atoms with van der Waals surface area (Å²) < 4.78 is 12.9. The number of hydrogen-bond acceptors (Lipinski definition) is 4. The standard InChI is InChI=1S/C8H6FN3OS/c1-4-6(9)8(13)12-7(11-4)5-2-10-3-14-5/h2-3H,1H3,(H,11,12,13). The van der Waals surface area contributed by atoms with Gasteiger partial charge in [0.25, 0.3) is 5.56 Å². The summed E-state index contributed by atoms with van der Waals surface area (Å²) in [6.07, 6.45) is 1.57. The minimum atomic E-state index is -0.835. The Hall–Kier alpha value is -1.56. The van der Waals surface area contributed by atoms with Gasteiger partial charge in [-0.1, -0.05) is 0 Å². The first-order chi connectivity index (χ1) is 6.68. The number of nitrogens with one attached hydrogen (secondary N) is 1. The first-order valence-electron chi connectivity index (χ1n) is 3.84. The molecule has 2 aromatic rings. The van der Waals surface area contributed by atoms with Gasteiger partial charge in [0.15, 0.2) is 5.82 Å². The van der Waals surface area contributed by atoms with Gasteiger partial charge < -0.3 is 4.98 Å². The molecule has 0 amide bonds. The highest BCUT2D eigenvalue weighted by Crippen LogP contribution is 2.17. The van der Waals surface area contributed by atoms with E-state index < -0.39 is 11.4 Å². The molecule has 2 rings (SSSR count). The van der Waals surface area contributed by atoms with Crippen molar-refractivity contribution in [1.82, 2.24) is 15.0 Å². The van der Waals surface area contributed by atoms with Gasteiger partial charge in [-0.3, -0.25) is 9.78 Å². The predicted molar refractivity (Wildman–Crippen MR) is 50.7 cm³/mol. The van der Waals surface area contributed by atoms with E-state index in [9.17, 15) is 9.18 Å². The average molecular weight is 211 g/mol. The summed E-state index contributed by atoms with van der Waals surface area (Å²) in [7, 11) is 0. The Morgan fingerprint density at radius 2 is 2.36 bits per heavy atom. The van der Waals surface area contributed by atoms with Crippen LogP contribution in [0.15, 0.2) is 16.5 Å². The Labute approximate surface area is 82.5 Å². The lowest BCUT2D eigenvalue weighted by atomic mass is 10.4. The highest BCUT2D eigenvalue weighted by atomic mass is 32.1. The fourth-order valence-electron chi connectivity index (χ4n) is 1.02. The normalized spacial score (nSPS) is 10.4. The Morgan fingerprint density at radius 3 is 2.93 bits per heavy atom. The second-order valence-electron chi connectivity index (χ2n) is 2.68. The lowest BCUT2D eigenvalue weighted by Gasteiger charge is -1.98. The van der Waals surface area contributed by atoms with Gasteiger partial charge >= 0.3 is 0 Å². The fourth-order valence-corrected chi connectivity index (χ4v) is 1.59. The molecule has 0 aliphatic rings. The zero-order valence-electron chi connectivity index (χ0n) is 7.24. The van der Waals surface area contributed by atoms with Crippen LogP contribution in [0.2, 0.25) is 0 Å². The predicted octanol–water partition coefficient (Wildman–Crippen LogP) is 1.34. The molecule has 72 valence electrons. The molecule has 0 aliphatic carbocycles. The number of thiazole rings is 1. The van der Waals surface area contributed by atoms with Crippen molar-refractivity contribution in [2.24, 2.45) is 0 Å². The number of aromatic amines is 1. The zero-order valence-corrected chi connectivity index (χ0v) is 8.06. The maximum absolute atomic E-state index is 12.9. The molecule has 0 atom stereocenters. The van der Waals surface area contributed by atoms with Crippen LogP contribution in [0.3, 0.4) is 0 Å². The van der Waals surface area contributed by atoms with Crippen LogP contribution < -0.4 is 5.56 Å². The van der Waals surface area contributed by atoms with Gasteiger partial charge in [0.05, 0.1) is 16.1 Å². The molecular weight excluding hydrogens is 205 g/mol. The molecule has 0 spiro atoms. The van der Waals surface area contributed by atoms with Crippen LogP contribution in [0.1, 0.15) is 5.69 Å². The van der Waals surface area contributed by atoms with E-state index >= 15 is 0 Å². The first kappa shape index (κ1) is 9.01. The van der Waals surface area contributed by atoms with Crippen LogP contribution in [0.25, 0.3) is 10.7 Å². The SMILES string of the molecule is Cc1nc(-c2cncs2)[nH]c(=O)c1F. The molecule has 4 nitrogen and oxygen atoms in total. The summed E-state index contributed by atoms with van der Waals surface area (Å²) in [5, 5.41) is 0. The third-order valence-electron chi connectivity index (χ3n) is 1.69. The van der Waals surface area contributed by atoms with Gasteiger partial charge in [-0.05, 0) is 6.92 Å². The molecule has 6 heteroatoms.